The fourth-order valence-electron chi connectivity index (χ4n) is 2.19. The number of H-pyrrole nitrogens is 1. The Morgan fingerprint density at radius 2 is 2.14 bits per heavy atom. The summed E-state index contributed by atoms with van der Waals surface area (Å²) in [6.07, 6.45) is 2.10. The molecule has 0 aliphatic rings. The van der Waals surface area contributed by atoms with E-state index in [1.54, 1.807) is 24.4 Å². The lowest BCUT2D eigenvalue weighted by Crippen LogP contribution is -2.13. The second-order valence-corrected chi connectivity index (χ2v) is 4.73. The molecule has 0 spiro atoms. The van der Waals surface area contributed by atoms with E-state index in [2.05, 4.69) is 19.7 Å². The third kappa shape index (κ3) is 2.71. The Labute approximate surface area is 125 Å². The first-order valence-electron chi connectivity index (χ1n) is 6.68. The number of nitrogens with zero attached hydrogens (tertiary/aromatic N) is 2. The van der Waals surface area contributed by atoms with Crippen molar-refractivity contribution in [3.05, 3.63) is 70.0 Å². The monoisotopic (exact) mass is 295 g/mol. The standard InChI is InChI=1S/C16H13N3O3/c1-22-16(21)10-5-6-12-13(8-10)18-14(19-15(12)20)9-11-4-2-3-7-17-11/h2-8H,9H2,1H3,(H,18,19,20). The number of fused-ring (bicyclic) bond motifs is 1. The van der Waals surface area contributed by atoms with Crippen molar-refractivity contribution in [2.45, 2.75) is 6.42 Å². The Morgan fingerprint density at radius 1 is 1.27 bits per heavy atom. The molecule has 6 heteroatoms. The molecule has 1 aromatic carbocycles. The highest BCUT2D eigenvalue weighted by Gasteiger charge is 2.10. The summed E-state index contributed by atoms with van der Waals surface area (Å²) in [5.74, 6) is 0.0356. The van der Waals surface area contributed by atoms with Gasteiger partial charge in [0.25, 0.3) is 5.56 Å². The van der Waals surface area contributed by atoms with Gasteiger partial charge in [-0.05, 0) is 30.3 Å². The van der Waals surface area contributed by atoms with Crippen molar-refractivity contribution in [1.29, 1.82) is 0 Å². The number of carbonyl (C=O) groups is 1. The molecule has 2 heterocycles. The molecule has 0 aliphatic heterocycles. The van der Waals surface area contributed by atoms with Gasteiger partial charge in [0, 0.05) is 18.3 Å². The van der Waals surface area contributed by atoms with E-state index in [9.17, 15) is 9.59 Å². The highest BCUT2D eigenvalue weighted by Crippen LogP contribution is 2.12. The van der Waals surface area contributed by atoms with Gasteiger partial charge < -0.3 is 9.72 Å². The lowest BCUT2D eigenvalue weighted by molar-refractivity contribution is 0.0601. The van der Waals surface area contributed by atoms with Crippen LogP contribution in [-0.4, -0.2) is 28.0 Å². The maximum atomic E-state index is 12.1. The van der Waals surface area contributed by atoms with Gasteiger partial charge in [-0.3, -0.25) is 9.78 Å². The van der Waals surface area contributed by atoms with Crippen LogP contribution in [0.2, 0.25) is 0 Å². The molecule has 110 valence electrons. The lowest BCUT2D eigenvalue weighted by Gasteiger charge is -2.04. The number of pyridine rings is 1. The quantitative estimate of drug-likeness (QED) is 0.743. The molecule has 0 aliphatic carbocycles. The summed E-state index contributed by atoms with van der Waals surface area (Å²) in [6, 6.07) is 10.2. The molecular weight excluding hydrogens is 282 g/mol. The topological polar surface area (TPSA) is 84.9 Å². The smallest absolute Gasteiger partial charge is 0.337 e. The number of rotatable bonds is 3. The average molecular weight is 295 g/mol. The molecule has 0 fully saturated rings. The molecular formula is C16H13N3O3. The summed E-state index contributed by atoms with van der Waals surface area (Å²) in [4.78, 5) is 35.0. The third-order valence-corrected chi connectivity index (χ3v) is 3.25. The maximum absolute atomic E-state index is 12.1. The van der Waals surface area contributed by atoms with Crippen LogP contribution in [0.3, 0.4) is 0 Å². The highest BCUT2D eigenvalue weighted by molar-refractivity contribution is 5.93. The Morgan fingerprint density at radius 3 is 2.86 bits per heavy atom. The Hall–Kier alpha value is -3.02. The van der Waals surface area contributed by atoms with E-state index in [0.29, 0.717) is 28.7 Å². The van der Waals surface area contributed by atoms with Gasteiger partial charge in [-0.25, -0.2) is 9.78 Å². The highest BCUT2D eigenvalue weighted by atomic mass is 16.5. The summed E-state index contributed by atoms with van der Waals surface area (Å²) >= 11 is 0. The van der Waals surface area contributed by atoms with Gasteiger partial charge in [-0.1, -0.05) is 6.07 Å². The molecule has 6 nitrogen and oxygen atoms in total. The molecule has 3 rings (SSSR count). The molecule has 0 saturated carbocycles. The second kappa shape index (κ2) is 5.77. The van der Waals surface area contributed by atoms with E-state index < -0.39 is 5.97 Å². The Kier molecular flexibility index (Phi) is 3.65. The minimum atomic E-state index is -0.463. The largest absolute Gasteiger partial charge is 0.465 e. The van der Waals surface area contributed by atoms with E-state index in [-0.39, 0.29) is 5.56 Å². The SMILES string of the molecule is COC(=O)c1ccc2c(=O)[nH]c(Cc3ccccn3)nc2c1. The molecule has 0 amide bonds. The van der Waals surface area contributed by atoms with Crippen LogP contribution in [-0.2, 0) is 11.2 Å². The minimum absolute atomic E-state index is 0.243. The number of aromatic amines is 1. The molecule has 0 atom stereocenters. The maximum Gasteiger partial charge on any atom is 0.337 e. The number of methoxy groups -OCH3 is 1. The second-order valence-electron chi connectivity index (χ2n) is 4.73. The van der Waals surface area contributed by atoms with Crippen LogP contribution in [0.1, 0.15) is 21.9 Å². The van der Waals surface area contributed by atoms with Gasteiger partial charge >= 0.3 is 5.97 Å². The van der Waals surface area contributed by atoms with Gasteiger partial charge in [0.2, 0.25) is 0 Å². The average Bonchev–Trinajstić information content (AvgIpc) is 2.54. The number of hydrogen-bond donors (Lipinski definition) is 1. The van der Waals surface area contributed by atoms with Crippen molar-refractivity contribution in [3.63, 3.8) is 0 Å². The Balaban J connectivity index is 2.06. The predicted molar refractivity (Wildman–Crippen MR) is 80.7 cm³/mol. The summed E-state index contributed by atoms with van der Waals surface area (Å²) in [5.41, 5.74) is 1.37. The van der Waals surface area contributed by atoms with Crippen molar-refractivity contribution in [1.82, 2.24) is 15.0 Å². The molecule has 2 aromatic heterocycles. The number of hydrogen-bond acceptors (Lipinski definition) is 5. The van der Waals surface area contributed by atoms with Crippen molar-refractivity contribution in [2.24, 2.45) is 0 Å². The van der Waals surface area contributed by atoms with E-state index in [1.807, 2.05) is 18.2 Å². The zero-order valence-corrected chi connectivity index (χ0v) is 11.9. The first-order valence-corrected chi connectivity index (χ1v) is 6.68. The lowest BCUT2D eigenvalue weighted by atomic mass is 10.1. The van der Waals surface area contributed by atoms with E-state index >= 15 is 0 Å². The molecule has 0 saturated heterocycles. The Bertz CT molecular complexity index is 888. The van der Waals surface area contributed by atoms with Crippen LogP contribution in [0.25, 0.3) is 10.9 Å². The van der Waals surface area contributed by atoms with E-state index in [0.717, 1.165) is 5.69 Å². The molecule has 0 bridgehead atoms. The van der Waals surface area contributed by atoms with Gasteiger partial charge in [-0.2, -0.15) is 0 Å². The molecule has 22 heavy (non-hydrogen) atoms. The van der Waals surface area contributed by atoms with Gasteiger partial charge in [-0.15, -0.1) is 0 Å². The normalized spacial score (nSPS) is 10.6. The van der Waals surface area contributed by atoms with E-state index in [4.69, 9.17) is 0 Å². The van der Waals surface area contributed by atoms with Gasteiger partial charge in [0.15, 0.2) is 0 Å². The van der Waals surface area contributed by atoms with Crippen molar-refractivity contribution >= 4 is 16.9 Å². The van der Waals surface area contributed by atoms with Crippen LogP contribution in [0.5, 0.6) is 0 Å². The predicted octanol–water partition coefficient (Wildman–Crippen LogP) is 1.70. The summed E-state index contributed by atoms with van der Waals surface area (Å²) in [7, 11) is 1.31. The van der Waals surface area contributed by atoms with E-state index in [1.165, 1.54) is 7.11 Å². The zero-order valence-electron chi connectivity index (χ0n) is 11.9. The molecule has 0 radical (unpaired) electrons. The van der Waals surface area contributed by atoms with Crippen LogP contribution < -0.4 is 5.56 Å². The van der Waals surface area contributed by atoms with Crippen LogP contribution >= 0.6 is 0 Å². The number of carbonyl (C=O) groups excluding carboxylic acids is 1. The van der Waals surface area contributed by atoms with Crippen molar-refractivity contribution < 1.29 is 9.53 Å². The number of benzene rings is 1. The summed E-state index contributed by atoms with van der Waals surface area (Å²) in [6.45, 7) is 0. The summed E-state index contributed by atoms with van der Waals surface area (Å²) < 4.78 is 4.68. The molecule has 1 N–H and O–H groups in total. The van der Waals surface area contributed by atoms with Crippen LogP contribution in [0.4, 0.5) is 0 Å². The van der Waals surface area contributed by atoms with Crippen LogP contribution in [0, 0.1) is 0 Å². The van der Waals surface area contributed by atoms with Crippen LogP contribution in [0.15, 0.2) is 47.4 Å². The zero-order chi connectivity index (χ0) is 15.5. The molecule has 3 aromatic rings. The fraction of sp³-hybridized carbons (Fsp3) is 0.125. The third-order valence-electron chi connectivity index (χ3n) is 3.25. The first-order chi connectivity index (χ1) is 10.7. The first kappa shape index (κ1) is 13.9. The number of nitrogens with one attached hydrogen (secondary N) is 1. The number of ether oxygens (including phenoxy) is 1. The number of aromatic nitrogens is 3. The minimum Gasteiger partial charge on any atom is -0.465 e. The van der Waals surface area contributed by atoms with Gasteiger partial charge in [0.1, 0.15) is 5.82 Å². The molecule has 0 unspecified atom stereocenters. The van der Waals surface area contributed by atoms with Crippen molar-refractivity contribution in [2.75, 3.05) is 7.11 Å². The fourth-order valence-corrected chi connectivity index (χ4v) is 2.19. The van der Waals surface area contributed by atoms with Gasteiger partial charge in [0.05, 0.1) is 23.6 Å². The summed E-state index contributed by atoms with van der Waals surface area (Å²) in [5, 5.41) is 0.428. The van der Waals surface area contributed by atoms with Crippen molar-refractivity contribution in [3.8, 4) is 0 Å². The number of esters is 1.